The Morgan fingerprint density at radius 2 is 2.36 bits per heavy atom. The number of hydrogen-bond donors (Lipinski definition) is 1. The van der Waals surface area contributed by atoms with Gasteiger partial charge in [0.2, 0.25) is 0 Å². The molecule has 1 atom stereocenters. The summed E-state index contributed by atoms with van der Waals surface area (Å²) in [5.41, 5.74) is 1.11. The van der Waals surface area contributed by atoms with E-state index in [0.717, 1.165) is 28.2 Å². The highest BCUT2D eigenvalue weighted by Crippen LogP contribution is 2.27. The number of benzene rings is 1. The maximum Gasteiger partial charge on any atom is 0.0662 e. The van der Waals surface area contributed by atoms with Crippen LogP contribution in [0.3, 0.4) is 0 Å². The van der Waals surface area contributed by atoms with Crippen LogP contribution in [0.15, 0.2) is 22.7 Å². The monoisotopic (exact) mass is 275 g/mol. The second-order valence-corrected chi connectivity index (χ2v) is 4.57. The first-order valence-corrected chi connectivity index (χ1v) is 5.70. The molecule has 1 aliphatic heterocycles. The van der Waals surface area contributed by atoms with Crippen molar-refractivity contribution in [1.29, 1.82) is 0 Å². The Bertz CT molecular complexity index is 326. The Morgan fingerprint density at radius 1 is 1.50 bits per heavy atom. The lowest BCUT2D eigenvalue weighted by Crippen LogP contribution is -2.34. The number of halogens is 2. The van der Waals surface area contributed by atoms with Crippen molar-refractivity contribution in [1.82, 2.24) is 5.32 Å². The van der Waals surface area contributed by atoms with Gasteiger partial charge in [-0.1, -0.05) is 33.6 Å². The predicted octanol–water partition coefficient (Wildman–Crippen LogP) is 2.76. The van der Waals surface area contributed by atoms with Gasteiger partial charge in [0.1, 0.15) is 0 Å². The van der Waals surface area contributed by atoms with Gasteiger partial charge in [0, 0.05) is 16.0 Å². The molecule has 76 valence electrons. The minimum Gasteiger partial charge on any atom is -0.378 e. The second kappa shape index (κ2) is 4.62. The summed E-state index contributed by atoms with van der Waals surface area (Å²) in [6.07, 6.45) is 0. The molecule has 2 nitrogen and oxygen atoms in total. The highest BCUT2D eigenvalue weighted by Gasteiger charge is 2.17. The molecule has 2 rings (SSSR count). The summed E-state index contributed by atoms with van der Waals surface area (Å²) in [6, 6.07) is 6.16. The second-order valence-electron chi connectivity index (χ2n) is 3.25. The van der Waals surface area contributed by atoms with Crippen molar-refractivity contribution in [3.8, 4) is 0 Å². The molecule has 0 spiro atoms. The van der Waals surface area contributed by atoms with Gasteiger partial charge in [0.15, 0.2) is 0 Å². The molecule has 0 bridgehead atoms. The number of ether oxygens (including phenoxy) is 1. The fourth-order valence-electron chi connectivity index (χ4n) is 1.55. The van der Waals surface area contributed by atoms with Crippen LogP contribution in [0.1, 0.15) is 11.6 Å². The maximum absolute atomic E-state index is 6.14. The standard InChI is InChI=1S/C10H11BrClNO/c11-7-1-2-8(9(12)5-7)10-6-14-4-3-13-10/h1-2,5,10,13H,3-4,6H2/t10-/m0/s1. The summed E-state index contributed by atoms with van der Waals surface area (Å²) in [4.78, 5) is 0. The van der Waals surface area contributed by atoms with E-state index >= 15 is 0 Å². The third-order valence-corrected chi connectivity index (χ3v) is 3.08. The largest absolute Gasteiger partial charge is 0.378 e. The van der Waals surface area contributed by atoms with Gasteiger partial charge >= 0.3 is 0 Å². The molecule has 0 unspecified atom stereocenters. The molecule has 1 heterocycles. The molecular weight excluding hydrogens is 265 g/mol. The molecule has 14 heavy (non-hydrogen) atoms. The first-order valence-electron chi connectivity index (χ1n) is 4.53. The molecule has 0 amide bonds. The first kappa shape index (κ1) is 10.4. The van der Waals surface area contributed by atoms with Gasteiger partial charge in [-0.05, 0) is 17.7 Å². The molecule has 1 N–H and O–H groups in total. The van der Waals surface area contributed by atoms with Crippen molar-refractivity contribution in [3.63, 3.8) is 0 Å². The van der Waals surface area contributed by atoms with Gasteiger partial charge in [0.05, 0.1) is 19.3 Å². The molecule has 1 saturated heterocycles. The highest BCUT2D eigenvalue weighted by molar-refractivity contribution is 9.10. The predicted molar refractivity (Wildman–Crippen MR) is 60.7 cm³/mol. The molecule has 0 aliphatic carbocycles. The molecule has 0 aromatic heterocycles. The van der Waals surface area contributed by atoms with E-state index in [9.17, 15) is 0 Å². The molecule has 0 radical (unpaired) electrons. The molecule has 1 aliphatic rings. The number of morpholine rings is 1. The average molecular weight is 277 g/mol. The summed E-state index contributed by atoms with van der Waals surface area (Å²) in [7, 11) is 0. The summed E-state index contributed by atoms with van der Waals surface area (Å²) < 4.78 is 6.39. The average Bonchev–Trinajstić information content (AvgIpc) is 2.19. The fourth-order valence-corrected chi connectivity index (χ4v) is 2.35. The quantitative estimate of drug-likeness (QED) is 0.852. The Balaban J connectivity index is 2.22. The molecule has 0 saturated carbocycles. The molecule has 1 aromatic carbocycles. The summed E-state index contributed by atoms with van der Waals surface area (Å²) in [5.74, 6) is 0. The molecule has 4 heteroatoms. The zero-order valence-electron chi connectivity index (χ0n) is 7.59. The van der Waals surface area contributed by atoms with Crippen LogP contribution in [-0.2, 0) is 4.74 Å². The van der Waals surface area contributed by atoms with Crippen LogP contribution < -0.4 is 5.32 Å². The normalized spacial score (nSPS) is 22.3. The van der Waals surface area contributed by atoms with Gasteiger partial charge in [-0.2, -0.15) is 0 Å². The zero-order valence-corrected chi connectivity index (χ0v) is 9.94. The van der Waals surface area contributed by atoms with Crippen molar-refractivity contribution < 1.29 is 4.74 Å². The van der Waals surface area contributed by atoms with Gasteiger partial charge in [-0.25, -0.2) is 0 Å². The Morgan fingerprint density at radius 3 is 3.00 bits per heavy atom. The Kier molecular flexibility index (Phi) is 3.44. The van der Waals surface area contributed by atoms with Crippen LogP contribution in [-0.4, -0.2) is 19.8 Å². The van der Waals surface area contributed by atoms with E-state index < -0.39 is 0 Å². The van der Waals surface area contributed by atoms with Crippen molar-refractivity contribution in [2.45, 2.75) is 6.04 Å². The zero-order chi connectivity index (χ0) is 9.97. The van der Waals surface area contributed by atoms with E-state index in [2.05, 4.69) is 21.2 Å². The minimum atomic E-state index is 0.226. The highest BCUT2D eigenvalue weighted by atomic mass is 79.9. The fraction of sp³-hybridized carbons (Fsp3) is 0.400. The summed E-state index contributed by atoms with van der Waals surface area (Å²) >= 11 is 9.52. The van der Waals surface area contributed by atoms with E-state index in [1.165, 1.54) is 0 Å². The topological polar surface area (TPSA) is 21.3 Å². The van der Waals surface area contributed by atoms with Gasteiger partial charge < -0.3 is 10.1 Å². The van der Waals surface area contributed by atoms with Crippen LogP contribution in [0.2, 0.25) is 5.02 Å². The smallest absolute Gasteiger partial charge is 0.0662 e. The van der Waals surface area contributed by atoms with Crippen LogP contribution in [0, 0.1) is 0 Å². The first-order chi connectivity index (χ1) is 6.77. The Hall–Kier alpha value is -0.0900. The number of nitrogens with one attached hydrogen (secondary N) is 1. The van der Waals surface area contributed by atoms with Crippen LogP contribution >= 0.6 is 27.5 Å². The van der Waals surface area contributed by atoms with Crippen molar-refractivity contribution in [2.75, 3.05) is 19.8 Å². The van der Waals surface area contributed by atoms with Gasteiger partial charge in [-0.3, -0.25) is 0 Å². The minimum absolute atomic E-state index is 0.226. The van der Waals surface area contributed by atoms with Crippen molar-refractivity contribution in [2.24, 2.45) is 0 Å². The van der Waals surface area contributed by atoms with E-state index in [0.29, 0.717) is 6.61 Å². The van der Waals surface area contributed by atoms with Crippen molar-refractivity contribution in [3.05, 3.63) is 33.3 Å². The maximum atomic E-state index is 6.14. The SMILES string of the molecule is Clc1cc(Br)ccc1[C@@H]1COCCN1. The lowest BCUT2D eigenvalue weighted by Gasteiger charge is -2.24. The van der Waals surface area contributed by atoms with Gasteiger partial charge in [-0.15, -0.1) is 0 Å². The third-order valence-electron chi connectivity index (χ3n) is 2.26. The van der Waals surface area contributed by atoms with E-state index in [1.807, 2.05) is 18.2 Å². The van der Waals surface area contributed by atoms with Crippen LogP contribution in [0.4, 0.5) is 0 Å². The van der Waals surface area contributed by atoms with E-state index in [1.54, 1.807) is 0 Å². The molecule has 1 fully saturated rings. The molecular formula is C10H11BrClNO. The van der Waals surface area contributed by atoms with E-state index in [4.69, 9.17) is 16.3 Å². The van der Waals surface area contributed by atoms with Gasteiger partial charge in [0.25, 0.3) is 0 Å². The number of rotatable bonds is 1. The third kappa shape index (κ3) is 2.28. The lowest BCUT2D eigenvalue weighted by molar-refractivity contribution is 0.0769. The van der Waals surface area contributed by atoms with E-state index in [-0.39, 0.29) is 6.04 Å². The lowest BCUT2D eigenvalue weighted by atomic mass is 10.1. The Labute approximate surface area is 96.7 Å². The summed E-state index contributed by atoms with van der Waals surface area (Å²) in [5, 5.41) is 4.15. The van der Waals surface area contributed by atoms with Crippen LogP contribution in [0.25, 0.3) is 0 Å². The summed E-state index contributed by atoms with van der Waals surface area (Å²) in [6.45, 7) is 2.36. The van der Waals surface area contributed by atoms with Crippen LogP contribution in [0.5, 0.6) is 0 Å². The molecule has 1 aromatic rings. The number of hydrogen-bond acceptors (Lipinski definition) is 2. The van der Waals surface area contributed by atoms with Crippen molar-refractivity contribution >= 4 is 27.5 Å².